The Kier molecular flexibility index (Phi) is 6.10. The maximum Gasteiger partial charge on any atom is 0.258 e. The minimum atomic E-state index is -0.196. The SMILES string of the molecule is CC[C@H](Cn1ccnc1)NC(=O)COc1ccc(Cl)cc1Cl. The van der Waals surface area contributed by atoms with Crippen molar-refractivity contribution in [3.63, 3.8) is 0 Å². The Labute approximate surface area is 139 Å². The number of ether oxygens (including phenoxy) is 1. The fourth-order valence-electron chi connectivity index (χ4n) is 1.93. The zero-order valence-corrected chi connectivity index (χ0v) is 13.6. The zero-order valence-electron chi connectivity index (χ0n) is 12.1. The summed E-state index contributed by atoms with van der Waals surface area (Å²) in [6.45, 7) is 2.59. The molecule has 1 heterocycles. The lowest BCUT2D eigenvalue weighted by Gasteiger charge is -2.17. The molecule has 1 aromatic heterocycles. The van der Waals surface area contributed by atoms with Gasteiger partial charge in [0.2, 0.25) is 0 Å². The smallest absolute Gasteiger partial charge is 0.258 e. The Bertz CT molecular complexity index is 617. The summed E-state index contributed by atoms with van der Waals surface area (Å²) in [5, 5.41) is 3.83. The van der Waals surface area contributed by atoms with Gasteiger partial charge < -0.3 is 14.6 Å². The first-order valence-corrected chi connectivity index (χ1v) is 7.67. The van der Waals surface area contributed by atoms with Crippen molar-refractivity contribution in [2.24, 2.45) is 0 Å². The van der Waals surface area contributed by atoms with Gasteiger partial charge in [-0.2, -0.15) is 0 Å². The van der Waals surface area contributed by atoms with Crippen LogP contribution in [-0.2, 0) is 11.3 Å². The molecule has 0 aliphatic rings. The summed E-state index contributed by atoms with van der Waals surface area (Å²) in [4.78, 5) is 15.9. The van der Waals surface area contributed by atoms with Crippen LogP contribution >= 0.6 is 23.2 Å². The first kappa shape index (κ1) is 16.6. The van der Waals surface area contributed by atoms with E-state index in [0.717, 1.165) is 6.42 Å². The van der Waals surface area contributed by atoms with Gasteiger partial charge >= 0.3 is 0 Å². The third kappa shape index (κ3) is 4.93. The highest BCUT2D eigenvalue weighted by Crippen LogP contribution is 2.27. The van der Waals surface area contributed by atoms with Crippen LogP contribution in [0.5, 0.6) is 5.75 Å². The van der Waals surface area contributed by atoms with E-state index in [0.29, 0.717) is 22.3 Å². The first-order chi connectivity index (χ1) is 10.6. The maximum absolute atomic E-state index is 12.0. The lowest BCUT2D eigenvalue weighted by atomic mass is 10.2. The monoisotopic (exact) mass is 341 g/mol. The largest absolute Gasteiger partial charge is 0.482 e. The summed E-state index contributed by atoms with van der Waals surface area (Å²) in [6, 6.07) is 4.89. The fraction of sp³-hybridized carbons (Fsp3) is 0.333. The standard InChI is InChI=1S/C15H17Cl2N3O2/c1-2-12(8-20-6-5-18-10-20)19-15(21)9-22-14-4-3-11(16)7-13(14)17/h3-7,10,12H,2,8-9H2,1H3,(H,19,21)/t12-/m1/s1. The van der Waals surface area contributed by atoms with Gasteiger partial charge in [-0.05, 0) is 24.6 Å². The van der Waals surface area contributed by atoms with Crippen molar-refractivity contribution in [3.05, 3.63) is 47.0 Å². The maximum atomic E-state index is 12.0. The predicted octanol–water partition coefficient (Wildman–Crippen LogP) is 3.16. The lowest BCUT2D eigenvalue weighted by Crippen LogP contribution is -2.40. The van der Waals surface area contributed by atoms with Crippen molar-refractivity contribution in [1.29, 1.82) is 0 Å². The Morgan fingerprint density at radius 3 is 2.91 bits per heavy atom. The van der Waals surface area contributed by atoms with Gasteiger partial charge in [0.15, 0.2) is 6.61 Å². The van der Waals surface area contributed by atoms with Crippen LogP contribution in [0.3, 0.4) is 0 Å². The third-order valence-electron chi connectivity index (χ3n) is 3.10. The van der Waals surface area contributed by atoms with Crippen LogP contribution in [0.15, 0.2) is 36.9 Å². The van der Waals surface area contributed by atoms with Gasteiger partial charge in [-0.1, -0.05) is 30.1 Å². The summed E-state index contributed by atoms with van der Waals surface area (Å²) in [5.41, 5.74) is 0. The highest BCUT2D eigenvalue weighted by molar-refractivity contribution is 6.35. The Hall–Kier alpha value is -1.72. The van der Waals surface area contributed by atoms with E-state index < -0.39 is 0 Å². The number of nitrogens with zero attached hydrogens (tertiary/aromatic N) is 2. The van der Waals surface area contributed by atoms with Crippen LogP contribution in [0.2, 0.25) is 10.0 Å². The number of carbonyl (C=O) groups excluding carboxylic acids is 1. The van der Waals surface area contributed by atoms with E-state index in [4.69, 9.17) is 27.9 Å². The van der Waals surface area contributed by atoms with Crippen molar-refractivity contribution in [3.8, 4) is 5.75 Å². The van der Waals surface area contributed by atoms with E-state index in [1.807, 2.05) is 17.7 Å². The van der Waals surface area contributed by atoms with Crippen LogP contribution in [0.4, 0.5) is 0 Å². The molecule has 0 radical (unpaired) electrons. The van der Waals surface area contributed by atoms with Crippen LogP contribution in [0, 0.1) is 0 Å². The van der Waals surface area contributed by atoms with Gasteiger partial charge in [0, 0.05) is 30.0 Å². The summed E-state index contributed by atoms with van der Waals surface area (Å²) < 4.78 is 7.33. The zero-order chi connectivity index (χ0) is 15.9. The second-order valence-electron chi connectivity index (χ2n) is 4.80. The molecule has 0 unspecified atom stereocenters. The Morgan fingerprint density at radius 1 is 1.45 bits per heavy atom. The first-order valence-electron chi connectivity index (χ1n) is 6.91. The van der Waals surface area contributed by atoms with Gasteiger partial charge in [0.1, 0.15) is 5.75 Å². The molecule has 1 amide bonds. The van der Waals surface area contributed by atoms with Gasteiger partial charge in [0.25, 0.3) is 5.91 Å². The van der Waals surface area contributed by atoms with Crippen LogP contribution < -0.4 is 10.1 Å². The normalized spacial score (nSPS) is 12.0. The third-order valence-corrected chi connectivity index (χ3v) is 3.63. The number of hydrogen-bond donors (Lipinski definition) is 1. The molecule has 2 aromatic rings. The summed E-state index contributed by atoms with van der Waals surface area (Å²) in [6.07, 6.45) is 6.10. The minimum Gasteiger partial charge on any atom is -0.482 e. The van der Waals surface area contributed by atoms with Crippen LogP contribution in [0.25, 0.3) is 0 Å². The van der Waals surface area contributed by atoms with E-state index in [1.165, 1.54) is 0 Å². The molecule has 0 aliphatic carbocycles. The van der Waals surface area contributed by atoms with Crippen LogP contribution in [0.1, 0.15) is 13.3 Å². The second-order valence-corrected chi connectivity index (χ2v) is 5.64. The molecule has 0 spiro atoms. The lowest BCUT2D eigenvalue weighted by molar-refractivity contribution is -0.123. The number of benzene rings is 1. The molecule has 2 rings (SSSR count). The topological polar surface area (TPSA) is 56.2 Å². The molecule has 7 heteroatoms. The van der Waals surface area contributed by atoms with Gasteiger partial charge in [-0.25, -0.2) is 4.98 Å². The number of carbonyl (C=O) groups is 1. The molecule has 0 bridgehead atoms. The number of aromatic nitrogens is 2. The van der Waals surface area contributed by atoms with E-state index in [2.05, 4.69) is 10.3 Å². The summed E-state index contributed by atoms with van der Waals surface area (Å²) in [5.74, 6) is 0.238. The molecule has 1 aromatic carbocycles. The summed E-state index contributed by atoms with van der Waals surface area (Å²) in [7, 11) is 0. The number of hydrogen-bond acceptors (Lipinski definition) is 3. The quantitative estimate of drug-likeness (QED) is 0.841. The fourth-order valence-corrected chi connectivity index (χ4v) is 2.39. The van der Waals surface area contributed by atoms with E-state index in [-0.39, 0.29) is 18.6 Å². The molecular formula is C15H17Cl2N3O2. The molecule has 0 saturated heterocycles. The minimum absolute atomic E-state index is 0.0194. The molecule has 22 heavy (non-hydrogen) atoms. The highest BCUT2D eigenvalue weighted by atomic mass is 35.5. The number of rotatable bonds is 7. The molecule has 0 aliphatic heterocycles. The van der Waals surface area contributed by atoms with Crippen molar-refractivity contribution in [2.45, 2.75) is 25.9 Å². The highest BCUT2D eigenvalue weighted by Gasteiger charge is 2.12. The molecule has 5 nitrogen and oxygen atoms in total. The average Bonchev–Trinajstić information content (AvgIpc) is 2.98. The molecule has 1 atom stereocenters. The van der Waals surface area contributed by atoms with Crippen molar-refractivity contribution in [1.82, 2.24) is 14.9 Å². The van der Waals surface area contributed by atoms with Crippen molar-refractivity contribution < 1.29 is 9.53 Å². The predicted molar refractivity (Wildman–Crippen MR) is 86.4 cm³/mol. The van der Waals surface area contributed by atoms with Gasteiger partial charge in [0.05, 0.1) is 11.3 Å². The van der Waals surface area contributed by atoms with Crippen LogP contribution in [-0.4, -0.2) is 28.1 Å². The molecule has 0 saturated carbocycles. The average molecular weight is 342 g/mol. The second kappa shape index (κ2) is 8.06. The molecule has 0 fully saturated rings. The van der Waals surface area contributed by atoms with E-state index >= 15 is 0 Å². The molecule has 118 valence electrons. The number of imidazole rings is 1. The molecular weight excluding hydrogens is 325 g/mol. The summed E-state index contributed by atoms with van der Waals surface area (Å²) >= 11 is 11.8. The number of nitrogens with one attached hydrogen (secondary N) is 1. The van der Waals surface area contributed by atoms with Gasteiger partial charge in [-0.3, -0.25) is 4.79 Å². The van der Waals surface area contributed by atoms with Crippen molar-refractivity contribution in [2.75, 3.05) is 6.61 Å². The Balaban J connectivity index is 1.83. The van der Waals surface area contributed by atoms with E-state index in [1.54, 1.807) is 30.7 Å². The van der Waals surface area contributed by atoms with Gasteiger partial charge in [-0.15, -0.1) is 0 Å². The number of halogens is 2. The van der Waals surface area contributed by atoms with Crippen molar-refractivity contribution >= 4 is 29.1 Å². The molecule has 1 N–H and O–H groups in total. The van der Waals surface area contributed by atoms with E-state index in [9.17, 15) is 4.79 Å². The Morgan fingerprint density at radius 2 is 2.27 bits per heavy atom. The number of amides is 1.